The van der Waals surface area contributed by atoms with Gasteiger partial charge in [0.05, 0.1) is 11.4 Å². The molecule has 4 nitrogen and oxygen atoms in total. The average Bonchev–Trinajstić information content (AvgIpc) is 2.48. The molecular formula is C15H20N2O2. The predicted octanol–water partition coefficient (Wildman–Crippen LogP) is 2.55. The molecule has 3 rings (SSSR count). The van der Waals surface area contributed by atoms with Crippen LogP contribution in [0.1, 0.15) is 31.2 Å². The van der Waals surface area contributed by atoms with E-state index in [0.29, 0.717) is 6.61 Å². The Hall–Kier alpha value is -1.55. The van der Waals surface area contributed by atoms with Gasteiger partial charge in [-0.25, -0.2) is 0 Å². The van der Waals surface area contributed by atoms with E-state index in [1.807, 2.05) is 12.1 Å². The summed E-state index contributed by atoms with van der Waals surface area (Å²) >= 11 is 0. The van der Waals surface area contributed by atoms with Gasteiger partial charge in [0.15, 0.2) is 0 Å². The lowest BCUT2D eigenvalue weighted by Crippen LogP contribution is -2.33. The molecule has 1 amide bonds. The molecule has 0 spiro atoms. The van der Waals surface area contributed by atoms with Crippen molar-refractivity contribution in [2.24, 2.45) is 0 Å². The van der Waals surface area contributed by atoms with Gasteiger partial charge in [0.1, 0.15) is 6.10 Å². The van der Waals surface area contributed by atoms with Gasteiger partial charge in [-0.15, -0.1) is 0 Å². The molecule has 1 aromatic carbocycles. The highest BCUT2D eigenvalue weighted by Gasteiger charge is 2.23. The summed E-state index contributed by atoms with van der Waals surface area (Å²) in [6, 6.07) is 6.08. The Kier molecular flexibility index (Phi) is 3.69. The van der Waals surface area contributed by atoms with Crippen LogP contribution < -0.4 is 10.6 Å². The standard InChI is InChI=1S/C15H20N2O2/c18-15(13-8-1-2-10-19-13)17-12-7-3-5-11-6-4-9-16-14(11)12/h3,5,7,13,16H,1-2,4,6,8-10H2,(H,17,18). The van der Waals surface area contributed by atoms with E-state index in [4.69, 9.17) is 4.74 Å². The number of carbonyl (C=O) groups excluding carboxylic acids is 1. The van der Waals surface area contributed by atoms with Crippen molar-refractivity contribution in [3.05, 3.63) is 23.8 Å². The first-order chi connectivity index (χ1) is 9.34. The maximum atomic E-state index is 12.2. The normalized spacial score (nSPS) is 22.2. The molecule has 0 bridgehead atoms. The largest absolute Gasteiger partial charge is 0.383 e. The highest BCUT2D eigenvalue weighted by atomic mass is 16.5. The Morgan fingerprint density at radius 2 is 2.26 bits per heavy atom. The Morgan fingerprint density at radius 1 is 1.32 bits per heavy atom. The molecule has 0 aliphatic carbocycles. The molecule has 1 atom stereocenters. The number of hydrogen-bond donors (Lipinski definition) is 2. The summed E-state index contributed by atoms with van der Waals surface area (Å²) in [5, 5.41) is 6.40. The number of hydrogen-bond acceptors (Lipinski definition) is 3. The monoisotopic (exact) mass is 260 g/mol. The van der Waals surface area contributed by atoms with E-state index < -0.39 is 0 Å². The Bertz CT molecular complexity index is 467. The van der Waals surface area contributed by atoms with Crippen LogP contribution in [0, 0.1) is 0 Å². The maximum absolute atomic E-state index is 12.2. The number of benzene rings is 1. The van der Waals surface area contributed by atoms with Crippen molar-refractivity contribution in [2.45, 2.75) is 38.2 Å². The zero-order chi connectivity index (χ0) is 13.1. The maximum Gasteiger partial charge on any atom is 0.253 e. The van der Waals surface area contributed by atoms with Gasteiger partial charge < -0.3 is 15.4 Å². The molecule has 2 aliphatic heterocycles. The van der Waals surface area contributed by atoms with E-state index in [1.54, 1.807) is 0 Å². The van der Waals surface area contributed by atoms with Crippen LogP contribution >= 0.6 is 0 Å². The summed E-state index contributed by atoms with van der Waals surface area (Å²) in [6.07, 6.45) is 4.90. The van der Waals surface area contributed by atoms with Gasteiger partial charge in [-0.05, 0) is 43.7 Å². The number of ether oxygens (including phenoxy) is 1. The predicted molar refractivity (Wildman–Crippen MR) is 75.5 cm³/mol. The van der Waals surface area contributed by atoms with Gasteiger partial charge in [0.2, 0.25) is 0 Å². The first-order valence-electron chi connectivity index (χ1n) is 7.13. The summed E-state index contributed by atoms with van der Waals surface area (Å²) in [6.45, 7) is 1.67. The molecule has 2 N–H and O–H groups in total. The minimum absolute atomic E-state index is 0.0135. The van der Waals surface area contributed by atoms with Crippen molar-refractivity contribution in [2.75, 3.05) is 23.8 Å². The second-order valence-corrected chi connectivity index (χ2v) is 5.21. The second-order valence-electron chi connectivity index (χ2n) is 5.21. The van der Waals surface area contributed by atoms with E-state index in [9.17, 15) is 4.79 Å². The molecule has 1 aromatic rings. The fourth-order valence-corrected chi connectivity index (χ4v) is 2.77. The third kappa shape index (κ3) is 2.73. The van der Waals surface area contributed by atoms with Crippen LogP contribution in [0.2, 0.25) is 0 Å². The molecule has 0 aromatic heterocycles. The fourth-order valence-electron chi connectivity index (χ4n) is 2.77. The minimum atomic E-state index is -0.284. The molecule has 1 fully saturated rings. The summed E-state index contributed by atoms with van der Waals surface area (Å²) in [4.78, 5) is 12.2. The van der Waals surface area contributed by atoms with Gasteiger partial charge >= 0.3 is 0 Å². The third-order valence-electron chi connectivity index (χ3n) is 3.81. The van der Waals surface area contributed by atoms with Crippen LogP contribution in [0.4, 0.5) is 11.4 Å². The smallest absolute Gasteiger partial charge is 0.253 e. The fraction of sp³-hybridized carbons (Fsp3) is 0.533. The Balaban J connectivity index is 1.74. The van der Waals surface area contributed by atoms with E-state index >= 15 is 0 Å². The van der Waals surface area contributed by atoms with Crippen LogP contribution in [-0.4, -0.2) is 25.2 Å². The first-order valence-corrected chi connectivity index (χ1v) is 7.13. The van der Waals surface area contributed by atoms with Crippen LogP contribution in [0.5, 0.6) is 0 Å². The van der Waals surface area contributed by atoms with Crippen molar-refractivity contribution in [1.82, 2.24) is 0 Å². The molecule has 1 saturated heterocycles. The van der Waals surface area contributed by atoms with Crippen molar-refractivity contribution in [3.8, 4) is 0 Å². The van der Waals surface area contributed by atoms with Crippen LogP contribution in [0.25, 0.3) is 0 Å². The lowest BCUT2D eigenvalue weighted by atomic mass is 10.0. The lowest BCUT2D eigenvalue weighted by molar-refractivity contribution is -0.129. The van der Waals surface area contributed by atoms with Crippen molar-refractivity contribution < 1.29 is 9.53 Å². The molecule has 0 radical (unpaired) electrons. The highest BCUT2D eigenvalue weighted by molar-refractivity contribution is 5.97. The number of carbonyl (C=O) groups is 1. The van der Waals surface area contributed by atoms with Gasteiger partial charge in [0, 0.05) is 13.2 Å². The molecule has 0 saturated carbocycles. The van der Waals surface area contributed by atoms with Crippen LogP contribution in [-0.2, 0) is 16.0 Å². The van der Waals surface area contributed by atoms with Crippen molar-refractivity contribution in [1.29, 1.82) is 0 Å². The van der Waals surface area contributed by atoms with Crippen LogP contribution in [0.3, 0.4) is 0 Å². The minimum Gasteiger partial charge on any atom is -0.383 e. The van der Waals surface area contributed by atoms with Crippen LogP contribution in [0.15, 0.2) is 18.2 Å². The second kappa shape index (κ2) is 5.61. The zero-order valence-corrected chi connectivity index (χ0v) is 11.1. The number of fused-ring (bicyclic) bond motifs is 1. The molecular weight excluding hydrogens is 240 g/mol. The summed E-state index contributed by atoms with van der Waals surface area (Å²) in [7, 11) is 0. The average molecular weight is 260 g/mol. The summed E-state index contributed by atoms with van der Waals surface area (Å²) < 4.78 is 5.52. The Labute approximate surface area is 113 Å². The molecule has 1 unspecified atom stereocenters. The third-order valence-corrected chi connectivity index (χ3v) is 3.81. The molecule has 4 heteroatoms. The number of aryl methyl sites for hydroxylation is 1. The topological polar surface area (TPSA) is 50.4 Å². The number of anilines is 2. The van der Waals surface area contributed by atoms with Gasteiger partial charge in [0.25, 0.3) is 5.91 Å². The van der Waals surface area contributed by atoms with E-state index in [0.717, 1.165) is 50.0 Å². The van der Waals surface area contributed by atoms with Gasteiger partial charge in [-0.2, -0.15) is 0 Å². The van der Waals surface area contributed by atoms with Crippen molar-refractivity contribution >= 4 is 17.3 Å². The quantitative estimate of drug-likeness (QED) is 0.859. The van der Waals surface area contributed by atoms with E-state index in [-0.39, 0.29) is 12.0 Å². The number of nitrogens with one attached hydrogen (secondary N) is 2. The molecule has 19 heavy (non-hydrogen) atoms. The van der Waals surface area contributed by atoms with Gasteiger partial charge in [-0.3, -0.25) is 4.79 Å². The number of rotatable bonds is 2. The lowest BCUT2D eigenvalue weighted by Gasteiger charge is -2.24. The van der Waals surface area contributed by atoms with E-state index in [1.165, 1.54) is 5.56 Å². The molecule has 102 valence electrons. The number of para-hydroxylation sites is 1. The highest BCUT2D eigenvalue weighted by Crippen LogP contribution is 2.30. The first kappa shape index (κ1) is 12.5. The summed E-state index contributed by atoms with van der Waals surface area (Å²) in [5.41, 5.74) is 3.25. The van der Waals surface area contributed by atoms with Gasteiger partial charge in [-0.1, -0.05) is 12.1 Å². The Morgan fingerprint density at radius 3 is 3.11 bits per heavy atom. The summed E-state index contributed by atoms with van der Waals surface area (Å²) in [5.74, 6) is -0.0135. The zero-order valence-electron chi connectivity index (χ0n) is 11.1. The SMILES string of the molecule is O=C(Nc1cccc2c1NCCC2)C1CCCCO1. The number of amides is 1. The molecule has 2 heterocycles. The molecule has 2 aliphatic rings. The van der Waals surface area contributed by atoms with Crippen molar-refractivity contribution in [3.63, 3.8) is 0 Å². The van der Waals surface area contributed by atoms with E-state index in [2.05, 4.69) is 16.7 Å².